The van der Waals surface area contributed by atoms with Crippen molar-refractivity contribution in [3.63, 3.8) is 0 Å². The Bertz CT molecular complexity index is 348. The van der Waals surface area contributed by atoms with Gasteiger partial charge in [0.2, 0.25) is 0 Å². The van der Waals surface area contributed by atoms with Gasteiger partial charge in [0.15, 0.2) is 0 Å². The predicted octanol–water partition coefficient (Wildman–Crippen LogP) is 0.961. The fourth-order valence-electron chi connectivity index (χ4n) is 0.997. The van der Waals surface area contributed by atoms with Gasteiger partial charge in [-0.2, -0.15) is 0 Å². The van der Waals surface area contributed by atoms with Gasteiger partial charge in [0.25, 0.3) is 5.56 Å². The first-order chi connectivity index (χ1) is 6.16. The number of aryl methyl sites for hydroxylation is 1. The van der Waals surface area contributed by atoms with Gasteiger partial charge in [-0.25, -0.2) is 4.98 Å². The first-order valence-corrected chi connectivity index (χ1v) is 4.67. The van der Waals surface area contributed by atoms with Crippen LogP contribution in [0.1, 0.15) is 5.82 Å². The SMILES string of the molecule is COCCn1c(C)ncc(Br)c1=O. The molecule has 0 aromatic carbocycles. The highest BCUT2D eigenvalue weighted by atomic mass is 79.9. The maximum absolute atomic E-state index is 11.5. The molecule has 0 saturated carbocycles. The molecule has 1 aromatic rings. The van der Waals surface area contributed by atoms with Gasteiger partial charge in [-0.15, -0.1) is 0 Å². The third-order valence-electron chi connectivity index (χ3n) is 1.72. The van der Waals surface area contributed by atoms with Crippen molar-refractivity contribution in [3.8, 4) is 0 Å². The number of rotatable bonds is 3. The second kappa shape index (κ2) is 4.53. The number of hydrogen-bond acceptors (Lipinski definition) is 3. The Hall–Kier alpha value is -0.680. The molecule has 0 spiro atoms. The summed E-state index contributed by atoms with van der Waals surface area (Å²) in [5.41, 5.74) is -0.0652. The first-order valence-electron chi connectivity index (χ1n) is 3.87. The summed E-state index contributed by atoms with van der Waals surface area (Å²) in [5, 5.41) is 0. The number of aromatic nitrogens is 2. The molecule has 1 rings (SSSR count). The van der Waals surface area contributed by atoms with E-state index in [1.807, 2.05) is 0 Å². The zero-order chi connectivity index (χ0) is 9.84. The van der Waals surface area contributed by atoms with E-state index in [0.29, 0.717) is 23.4 Å². The topological polar surface area (TPSA) is 44.1 Å². The molecule has 0 bridgehead atoms. The number of halogens is 1. The summed E-state index contributed by atoms with van der Waals surface area (Å²) < 4.78 is 6.95. The summed E-state index contributed by atoms with van der Waals surface area (Å²) in [7, 11) is 1.60. The molecular formula is C8H11BrN2O2. The van der Waals surface area contributed by atoms with Crippen molar-refractivity contribution < 1.29 is 4.74 Å². The van der Waals surface area contributed by atoms with Gasteiger partial charge >= 0.3 is 0 Å². The standard InChI is InChI=1S/C8H11BrN2O2/c1-6-10-5-7(9)8(12)11(6)3-4-13-2/h5H,3-4H2,1-2H3. The molecular weight excluding hydrogens is 236 g/mol. The Labute approximate surface area is 84.7 Å². The quantitative estimate of drug-likeness (QED) is 0.799. The lowest BCUT2D eigenvalue weighted by molar-refractivity contribution is 0.185. The van der Waals surface area contributed by atoms with E-state index in [-0.39, 0.29) is 5.56 Å². The van der Waals surface area contributed by atoms with Crippen LogP contribution in [0.2, 0.25) is 0 Å². The van der Waals surface area contributed by atoms with E-state index in [2.05, 4.69) is 20.9 Å². The van der Waals surface area contributed by atoms with Crippen molar-refractivity contribution >= 4 is 15.9 Å². The second-order valence-corrected chi connectivity index (χ2v) is 3.46. The Kier molecular flexibility index (Phi) is 3.62. The van der Waals surface area contributed by atoms with Crippen molar-refractivity contribution in [1.29, 1.82) is 0 Å². The van der Waals surface area contributed by atoms with E-state index in [9.17, 15) is 4.79 Å². The Morgan fingerprint density at radius 3 is 3.00 bits per heavy atom. The van der Waals surface area contributed by atoms with E-state index in [4.69, 9.17) is 4.74 Å². The van der Waals surface area contributed by atoms with Crippen LogP contribution >= 0.6 is 15.9 Å². The normalized spacial score (nSPS) is 10.4. The second-order valence-electron chi connectivity index (χ2n) is 2.60. The third kappa shape index (κ3) is 2.38. The van der Waals surface area contributed by atoms with Crippen molar-refractivity contribution in [2.75, 3.05) is 13.7 Å². The van der Waals surface area contributed by atoms with Crippen LogP contribution in [-0.2, 0) is 11.3 Å². The summed E-state index contributed by atoms with van der Waals surface area (Å²) in [4.78, 5) is 15.6. The first kappa shape index (κ1) is 10.4. The molecule has 0 atom stereocenters. The van der Waals surface area contributed by atoms with Crippen LogP contribution < -0.4 is 5.56 Å². The molecule has 0 aliphatic rings. The van der Waals surface area contributed by atoms with Crippen LogP contribution in [-0.4, -0.2) is 23.3 Å². The highest BCUT2D eigenvalue weighted by Crippen LogP contribution is 2.00. The number of methoxy groups -OCH3 is 1. The third-order valence-corrected chi connectivity index (χ3v) is 2.27. The highest BCUT2D eigenvalue weighted by molar-refractivity contribution is 9.10. The van der Waals surface area contributed by atoms with Crippen molar-refractivity contribution in [2.45, 2.75) is 13.5 Å². The fraction of sp³-hybridized carbons (Fsp3) is 0.500. The Balaban J connectivity index is 3.03. The lowest BCUT2D eigenvalue weighted by Gasteiger charge is -2.07. The molecule has 0 aliphatic carbocycles. The van der Waals surface area contributed by atoms with Gasteiger partial charge in [0, 0.05) is 13.3 Å². The molecule has 0 radical (unpaired) electrons. The highest BCUT2D eigenvalue weighted by Gasteiger charge is 2.03. The molecule has 1 aromatic heterocycles. The van der Waals surface area contributed by atoms with Crippen LogP contribution in [0.25, 0.3) is 0 Å². The zero-order valence-electron chi connectivity index (χ0n) is 7.58. The van der Waals surface area contributed by atoms with Crippen LogP contribution in [0.15, 0.2) is 15.5 Å². The molecule has 4 nitrogen and oxygen atoms in total. The molecule has 13 heavy (non-hydrogen) atoms. The zero-order valence-corrected chi connectivity index (χ0v) is 9.17. The molecule has 72 valence electrons. The number of hydrogen-bond donors (Lipinski definition) is 0. The van der Waals surface area contributed by atoms with E-state index in [1.165, 1.54) is 6.20 Å². The van der Waals surface area contributed by atoms with Crippen LogP contribution in [0, 0.1) is 6.92 Å². The summed E-state index contributed by atoms with van der Waals surface area (Å²) in [6.45, 7) is 2.84. The van der Waals surface area contributed by atoms with E-state index >= 15 is 0 Å². The monoisotopic (exact) mass is 246 g/mol. The van der Waals surface area contributed by atoms with Crippen LogP contribution in [0.5, 0.6) is 0 Å². The molecule has 0 aliphatic heterocycles. The van der Waals surface area contributed by atoms with E-state index in [0.717, 1.165) is 0 Å². The van der Waals surface area contributed by atoms with Crippen LogP contribution in [0.3, 0.4) is 0 Å². The molecule has 0 unspecified atom stereocenters. The fourth-order valence-corrected chi connectivity index (χ4v) is 1.31. The maximum Gasteiger partial charge on any atom is 0.267 e. The minimum Gasteiger partial charge on any atom is -0.383 e. The van der Waals surface area contributed by atoms with Crippen molar-refractivity contribution in [3.05, 3.63) is 26.8 Å². The van der Waals surface area contributed by atoms with Gasteiger partial charge in [-0.1, -0.05) is 0 Å². The average molecular weight is 247 g/mol. The average Bonchev–Trinajstić information content (AvgIpc) is 2.12. The summed E-state index contributed by atoms with van der Waals surface area (Å²) >= 11 is 3.14. The van der Waals surface area contributed by atoms with E-state index in [1.54, 1.807) is 18.6 Å². The minimum atomic E-state index is -0.0652. The van der Waals surface area contributed by atoms with Crippen molar-refractivity contribution in [1.82, 2.24) is 9.55 Å². The van der Waals surface area contributed by atoms with Crippen LogP contribution in [0.4, 0.5) is 0 Å². The van der Waals surface area contributed by atoms with E-state index < -0.39 is 0 Å². The molecule has 5 heteroatoms. The lowest BCUT2D eigenvalue weighted by Crippen LogP contribution is -2.25. The smallest absolute Gasteiger partial charge is 0.267 e. The molecule has 0 amide bonds. The molecule has 1 heterocycles. The lowest BCUT2D eigenvalue weighted by atomic mass is 10.5. The summed E-state index contributed by atoms with van der Waals surface area (Å²) in [5.74, 6) is 0.699. The summed E-state index contributed by atoms with van der Waals surface area (Å²) in [6.07, 6.45) is 1.51. The minimum absolute atomic E-state index is 0.0652. The molecule has 0 fully saturated rings. The van der Waals surface area contributed by atoms with Gasteiger partial charge in [-0.3, -0.25) is 9.36 Å². The van der Waals surface area contributed by atoms with Gasteiger partial charge in [-0.05, 0) is 22.9 Å². The molecule has 0 N–H and O–H groups in total. The number of ether oxygens (including phenoxy) is 1. The van der Waals surface area contributed by atoms with Crippen molar-refractivity contribution in [2.24, 2.45) is 0 Å². The Morgan fingerprint density at radius 1 is 1.69 bits per heavy atom. The Morgan fingerprint density at radius 2 is 2.38 bits per heavy atom. The predicted molar refractivity (Wildman–Crippen MR) is 52.8 cm³/mol. The largest absolute Gasteiger partial charge is 0.383 e. The van der Waals surface area contributed by atoms with Gasteiger partial charge in [0.05, 0.1) is 13.2 Å². The number of nitrogens with zero attached hydrogens (tertiary/aromatic N) is 2. The molecule has 0 saturated heterocycles. The summed E-state index contributed by atoms with van der Waals surface area (Å²) in [6, 6.07) is 0. The van der Waals surface area contributed by atoms with Gasteiger partial charge in [0.1, 0.15) is 10.3 Å². The van der Waals surface area contributed by atoms with Gasteiger partial charge < -0.3 is 4.74 Å². The maximum atomic E-state index is 11.5.